The molecule has 0 spiro atoms. The lowest BCUT2D eigenvalue weighted by Crippen LogP contribution is -2.03. The van der Waals surface area contributed by atoms with Gasteiger partial charge in [-0.1, -0.05) is 34.8 Å². The lowest BCUT2D eigenvalue weighted by molar-refractivity contribution is -0.384. The molecular weight excluding hydrogens is 451 g/mol. The summed E-state index contributed by atoms with van der Waals surface area (Å²) in [4.78, 5) is 10.3. The summed E-state index contributed by atoms with van der Waals surface area (Å²) in [7, 11) is 1.53. The van der Waals surface area contributed by atoms with Crippen molar-refractivity contribution in [2.24, 2.45) is 0 Å². The van der Waals surface area contributed by atoms with Crippen LogP contribution in [0.2, 0.25) is 15.1 Å². The molecule has 0 aliphatic rings. The van der Waals surface area contributed by atoms with Gasteiger partial charge in [-0.15, -0.1) is 0 Å². The molecule has 0 amide bonds. The summed E-state index contributed by atoms with van der Waals surface area (Å²) in [6.45, 7) is 0.672. The number of hydrogen-bond donors (Lipinski definition) is 1. The van der Waals surface area contributed by atoms with Gasteiger partial charge in [0.1, 0.15) is 6.61 Å². The zero-order valence-electron chi connectivity index (χ0n) is 15.8. The summed E-state index contributed by atoms with van der Waals surface area (Å²) in [5.74, 6) is 0.881. The summed E-state index contributed by atoms with van der Waals surface area (Å²) >= 11 is 18.4. The first-order chi connectivity index (χ1) is 14.4. The summed E-state index contributed by atoms with van der Waals surface area (Å²) in [6.07, 6.45) is 0. The molecule has 0 aromatic heterocycles. The molecule has 0 atom stereocenters. The molecule has 0 unspecified atom stereocenters. The molecule has 6 nitrogen and oxygen atoms in total. The van der Waals surface area contributed by atoms with Gasteiger partial charge in [-0.25, -0.2) is 0 Å². The second kappa shape index (κ2) is 9.89. The van der Waals surface area contributed by atoms with Gasteiger partial charge in [-0.2, -0.15) is 0 Å². The molecule has 3 aromatic carbocycles. The number of non-ortho nitro benzene ring substituents is 1. The maximum Gasteiger partial charge on any atom is 0.269 e. The van der Waals surface area contributed by atoms with E-state index in [1.807, 2.05) is 12.1 Å². The molecule has 0 saturated carbocycles. The van der Waals surface area contributed by atoms with Crippen LogP contribution in [-0.4, -0.2) is 12.0 Å². The molecule has 0 heterocycles. The number of nitrogens with one attached hydrogen (secondary N) is 1. The first kappa shape index (κ1) is 22.0. The van der Waals surface area contributed by atoms with Crippen molar-refractivity contribution in [3.05, 3.63) is 90.9 Å². The van der Waals surface area contributed by atoms with Crippen LogP contribution in [0.5, 0.6) is 11.5 Å². The second-order valence-corrected chi connectivity index (χ2v) is 7.53. The van der Waals surface area contributed by atoms with Gasteiger partial charge in [0.05, 0.1) is 27.1 Å². The lowest BCUT2D eigenvalue weighted by Gasteiger charge is -2.15. The molecule has 0 bridgehead atoms. The number of nitro groups is 1. The zero-order chi connectivity index (χ0) is 21.7. The quantitative estimate of drug-likeness (QED) is 0.293. The fourth-order valence-electron chi connectivity index (χ4n) is 2.69. The van der Waals surface area contributed by atoms with Crippen molar-refractivity contribution in [1.82, 2.24) is 0 Å². The summed E-state index contributed by atoms with van der Waals surface area (Å²) < 4.78 is 11.2. The van der Waals surface area contributed by atoms with Crippen molar-refractivity contribution in [3.63, 3.8) is 0 Å². The molecule has 0 aliphatic carbocycles. The number of hydrogen-bond acceptors (Lipinski definition) is 5. The Bertz CT molecular complexity index is 1060. The summed E-state index contributed by atoms with van der Waals surface area (Å²) in [5, 5.41) is 15.3. The van der Waals surface area contributed by atoms with Gasteiger partial charge >= 0.3 is 0 Å². The number of benzene rings is 3. The number of rotatable bonds is 8. The third kappa shape index (κ3) is 5.48. The minimum atomic E-state index is -0.449. The minimum Gasteiger partial charge on any atom is -0.493 e. The molecule has 9 heteroatoms. The Balaban J connectivity index is 1.70. The highest BCUT2D eigenvalue weighted by molar-refractivity contribution is 6.42. The molecule has 156 valence electrons. The Hall–Kier alpha value is -2.67. The van der Waals surface area contributed by atoms with Crippen molar-refractivity contribution in [1.29, 1.82) is 0 Å². The fourth-order valence-corrected chi connectivity index (χ4v) is 3.28. The maximum absolute atomic E-state index is 10.7. The monoisotopic (exact) mass is 466 g/mol. The van der Waals surface area contributed by atoms with Gasteiger partial charge in [0, 0.05) is 24.4 Å². The molecule has 3 rings (SSSR count). The molecule has 0 aliphatic heterocycles. The van der Waals surface area contributed by atoms with Crippen LogP contribution in [0.3, 0.4) is 0 Å². The zero-order valence-corrected chi connectivity index (χ0v) is 18.1. The highest BCUT2D eigenvalue weighted by Gasteiger charge is 2.13. The average molecular weight is 468 g/mol. The van der Waals surface area contributed by atoms with E-state index in [1.165, 1.54) is 19.2 Å². The molecular formula is C21H17Cl3N2O4. The van der Waals surface area contributed by atoms with Gasteiger partial charge in [0.15, 0.2) is 11.5 Å². The first-order valence-corrected chi connectivity index (χ1v) is 9.92. The Morgan fingerprint density at radius 3 is 2.30 bits per heavy atom. The number of ether oxygens (including phenoxy) is 2. The van der Waals surface area contributed by atoms with Crippen molar-refractivity contribution in [2.45, 2.75) is 13.2 Å². The van der Waals surface area contributed by atoms with Gasteiger partial charge < -0.3 is 14.8 Å². The van der Waals surface area contributed by atoms with Crippen LogP contribution in [0.25, 0.3) is 0 Å². The number of nitrogens with zero attached hydrogens (tertiary/aromatic N) is 1. The van der Waals surface area contributed by atoms with Gasteiger partial charge in [0.2, 0.25) is 0 Å². The van der Waals surface area contributed by atoms with E-state index >= 15 is 0 Å². The van der Waals surface area contributed by atoms with Crippen LogP contribution in [-0.2, 0) is 13.2 Å². The molecule has 0 fully saturated rings. The summed E-state index contributed by atoms with van der Waals surface area (Å²) in [6, 6.07) is 15.0. The predicted molar refractivity (Wildman–Crippen MR) is 119 cm³/mol. The van der Waals surface area contributed by atoms with Crippen LogP contribution in [0.1, 0.15) is 11.1 Å². The second-order valence-electron chi connectivity index (χ2n) is 6.30. The predicted octanol–water partition coefficient (Wildman–Crippen LogP) is 6.75. The van der Waals surface area contributed by atoms with Gasteiger partial charge in [0.25, 0.3) is 5.69 Å². The molecule has 0 saturated heterocycles. The third-order valence-corrected chi connectivity index (χ3v) is 5.26. The number of nitro benzene ring substituents is 1. The van der Waals surface area contributed by atoms with Gasteiger partial charge in [-0.05, 0) is 53.6 Å². The van der Waals surface area contributed by atoms with E-state index < -0.39 is 4.92 Å². The van der Waals surface area contributed by atoms with Crippen molar-refractivity contribution >= 4 is 46.2 Å². The lowest BCUT2D eigenvalue weighted by atomic mass is 10.2. The highest BCUT2D eigenvalue weighted by atomic mass is 35.5. The molecule has 3 aromatic rings. The number of anilines is 1. The topological polar surface area (TPSA) is 73.6 Å². The van der Waals surface area contributed by atoms with E-state index in [0.717, 1.165) is 16.8 Å². The summed E-state index contributed by atoms with van der Waals surface area (Å²) in [5.41, 5.74) is 2.49. The van der Waals surface area contributed by atoms with Crippen molar-refractivity contribution in [2.75, 3.05) is 12.4 Å². The van der Waals surface area contributed by atoms with E-state index in [0.29, 0.717) is 33.1 Å². The number of halogens is 3. The minimum absolute atomic E-state index is 0.0215. The third-order valence-electron chi connectivity index (χ3n) is 4.24. The standard InChI is InChI=1S/C21H17Cl3N2O4/c1-29-20-9-14(11-25-15-4-7-17(22)18(23)10-15)8-19(24)21(20)30-12-13-2-5-16(6-3-13)26(27)28/h2-10,25H,11-12H2,1H3. The Morgan fingerprint density at radius 2 is 1.67 bits per heavy atom. The van der Waals surface area contributed by atoms with E-state index in [4.69, 9.17) is 44.3 Å². The molecule has 30 heavy (non-hydrogen) atoms. The fraction of sp³-hybridized carbons (Fsp3) is 0.143. The molecule has 1 N–H and O–H groups in total. The smallest absolute Gasteiger partial charge is 0.269 e. The average Bonchev–Trinajstić information content (AvgIpc) is 2.73. The Labute approximate surface area is 188 Å². The van der Waals surface area contributed by atoms with E-state index in [2.05, 4.69) is 5.32 Å². The molecule has 0 radical (unpaired) electrons. The van der Waals surface area contributed by atoms with Crippen molar-refractivity contribution in [3.8, 4) is 11.5 Å². The Morgan fingerprint density at radius 1 is 0.933 bits per heavy atom. The van der Waals surface area contributed by atoms with Crippen LogP contribution < -0.4 is 14.8 Å². The van der Waals surface area contributed by atoms with Gasteiger partial charge in [-0.3, -0.25) is 10.1 Å². The van der Waals surface area contributed by atoms with E-state index in [1.54, 1.807) is 30.3 Å². The van der Waals surface area contributed by atoms with Crippen molar-refractivity contribution < 1.29 is 14.4 Å². The Kier molecular flexibility index (Phi) is 7.26. The number of methoxy groups -OCH3 is 1. The SMILES string of the molecule is COc1cc(CNc2ccc(Cl)c(Cl)c2)cc(Cl)c1OCc1ccc([N+](=O)[O-])cc1. The van der Waals surface area contributed by atoms with E-state index in [9.17, 15) is 10.1 Å². The van der Waals surface area contributed by atoms with Crippen LogP contribution >= 0.6 is 34.8 Å². The maximum atomic E-state index is 10.7. The highest BCUT2D eigenvalue weighted by Crippen LogP contribution is 2.37. The largest absolute Gasteiger partial charge is 0.493 e. The van der Waals surface area contributed by atoms with E-state index in [-0.39, 0.29) is 12.3 Å². The normalized spacial score (nSPS) is 10.5. The van der Waals surface area contributed by atoms with Crippen LogP contribution in [0, 0.1) is 10.1 Å². The van der Waals surface area contributed by atoms with Crippen LogP contribution in [0.15, 0.2) is 54.6 Å². The first-order valence-electron chi connectivity index (χ1n) is 8.79. The van der Waals surface area contributed by atoms with Crippen LogP contribution in [0.4, 0.5) is 11.4 Å².